The van der Waals surface area contributed by atoms with Crippen molar-refractivity contribution in [3.63, 3.8) is 0 Å². The standard InChI is InChI=1S/C42H26O/c1-2-10-27(11-3-1)28-18-20-30(21-19-28)40-33-14-6-8-16-35(33)41(36-17-9-7-15-34(36)40)31-23-24-38-37(26-31)42-32-13-5-4-12-29(32)22-25-39(42)43-38/h1-26H/i18D,19D,20D,21D. The van der Waals surface area contributed by atoms with Crippen LogP contribution in [0, 0.1) is 0 Å². The van der Waals surface area contributed by atoms with Crippen LogP contribution in [0.15, 0.2) is 162 Å². The summed E-state index contributed by atoms with van der Waals surface area (Å²) in [5, 5.41) is 8.13. The smallest absolute Gasteiger partial charge is 0.136 e. The van der Waals surface area contributed by atoms with Gasteiger partial charge in [0.25, 0.3) is 0 Å². The van der Waals surface area contributed by atoms with Gasteiger partial charge < -0.3 is 4.42 Å². The molecule has 0 fully saturated rings. The lowest BCUT2D eigenvalue weighted by Crippen LogP contribution is -1.91. The lowest BCUT2D eigenvalue weighted by Gasteiger charge is -2.18. The Morgan fingerprint density at radius 3 is 1.58 bits per heavy atom. The first kappa shape index (κ1) is 20.3. The van der Waals surface area contributed by atoms with E-state index >= 15 is 0 Å². The van der Waals surface area contributed by atoms with Crippen LogP contribution in [0.5, 0.6) is 0 Å². The molecule has 0 bridgehead atoms. The summed E-state index contributed by atoms with van der Waals surface area (Å²) in [6, 6.07) is 44.1. The van der Waals surface area contributed by atoms with Crippen LogP contribution in [0.2, 0.25) is 0 Å². The van der Waals surface area contributed by atoms with Gasteiger partial charge in [-0.25, -0.2) is 0 Å². The number of furan rings is 1. The van der Waals surface area contributed by atoms with Crippen molar-refractivity contribution in [2.75, 3.05) is 0 Å². The minimum atomic E-state index is -0.0499. The fourth-order valence-electron chi connectivity index (χ4n) is 6.60. The zero-order valence-electron chi connectivity index (χ0n) is 27.1. The summed E-state index contributed by atoms with van der Waals surface area (Å²) in [7, 11) is 0. The molecule has 0 aliphatic heterocycles. The molecule has 9 rings (SSSR count). The van der Waals surface area contributed by atoms with E-state index in [0.717, 1.165) is 65.4 Å². The molecule has 0 unspecified atom stereocenters. The molecule has 0 N–H and O–H groups in total. The number of rotatable bonds is 3. The third-order valence-corrected chi connectivity index (χ3v) is 8.52. The van der Waals surface area contributed by atoms with Crippen molar-refractivity contribution in [2.45, 2.75) is 0 Å². The first-order chi connectivity index (χ1) is 23.0. The van der Waals surface area contributed by atoms with E-state index in [1.54, 1.807) is 0 Å². The van der Waals surface area contributed by atoms with Crippen LogP contribution < -0.4 is 0 Å². The monoisotopic (exact) mass is 550 g/mol. The van der Waals surface area contributed by atoms with E-state index < -0.39 is 0 Å². The molecule has 0 radical (unpaired) electrons. The van der Waals surface area contributed by atoms with E-state index in [1.165, 1.54) is 0 Å². The van der Waals surface area contributed by atoms with Gasteiger partial charge in [0.15, 0.2) is 0 Å². The molecule has 0 amide bonds. The van der Waals surface area contributed by atoms with Gasteiger partial charge in [-0.15, -0.1) is 0 Å². The average molecular weight is 551 g/mol. The van der Waals surface area contributed by atoms with Gasteiger partial charge in [0.1, 0.15) is 11.2 Å². The normalized spacial score (nSPS) is 13.0. The van der Waals surface area contributed by atoms with Crippen LogP contribution in [-0.4, -0.2) is 0 Å². The molecular formula is C42H26O. The number of benzene rings is 8. The van der Waals surface area contributed by atoms with E-state index in [2.05, 4.69) is 54.6 Å². The second-order valence-electron chi connectivity index (χ2n) is 10.9. The van der Waals surface area contributed by atoms with Gasteiger partial charge in [-0.05, 0) is 83.9 Å². The quantitative estimate of drug-likeness (QED) is 0.199. The minimum Gasteiger partial charge on any atom is -0.456 e. The molecule has 0 spiro atoms. The van der Waals surface area contributed by atoms with Crippen LogP contribution in [-0.2, 0) is 0 Å². The second-order valence-corrected chi connectivity index (χ2v) is 10.9. The molecule has 1 nitrogen and oxygen atoms in total. The highest BCUT2D eigenvalue weighted by Crippen LogP contribution is 2.45. The maximum absolute atomic E-state index is 9.24. The lowest BCUT2D eigenvalue weighted by molar-refractivity contribution is 0.669. The molecular weight excluding hydrogens is 520 g/mol. The fourth-order valence-corrected chi connectivity index (χ4v) is 6.60. The van der Waals surface area contributed by atoms with Crippen LogP contribution in [0.1, 0.15) is 5.48 Å². The zero-order chi connectivity index (χ0) is 31.8. The van der Waals surface area contributed by atoms with Crippen molar-refractivity contribution in [1.29, 1.82) is 0 Å². The number of hydrogen-bond donors (Lipinski definition) is 0. The Morgan fingerprint density at radius 1 is 0.372 bits per heavy atom. The Kier molecular flexibility index (Phi) is 4.45. The van der Waals surface area contributed by atoms with Crippen molar-refractivity contribution < 1.29 is 9.90 Å². The molecule has 1 heteroatoms. The maximum Gasteiger partial charge on any atom is 0.136 e. The van der Waals surface area contributed by atoms with Gasteiger partial charge in [0.05, 0.1) is 5.48 Å². The van der Waals surface area contributed by atoms with Gasteiger partial charge in [0, 0.05) is 10.8 Å². The van der Waals surface area contributed by atoms with Crippen molar-refractivity contribution in [2.24, 2.45) is 0 Å². The second kappa shape index (κ2) is 9.44. The van der Waals surface area contributed by atoms with Gasteiger partial charge in [-0.3, -0.25) is 0 Å². The first-order valence-corrected chi connectivity index (χ1v) is 14.4. The van der Waals surface area contributed by atoms with E-state index in [4.69, 9.17) is 7.16 Å². The van der Waals surface area contributed by atoms with Crippen molar-refractivity contribution in [3.8, 4) is 33.4 Å². The maximum atomic E-state index is 9.24. The van der Waals surface area contributed by atoms with E-state index in [9.17, 15) is 2.74 Å². The largest absolute Gasteiger partial charge is 0.456 e. The van der Waals surface area contributed by atoms with E-state index in [1.807, 2.05) is 78.9 Å². The van der Waals surface area contributed by atoms with Gasteiger partial charge in [-0.1, -0.05) is 139 Å². The summed E-state index contributed by atoms with van der Waals surface area (Å²) >= 11 is 0. The van der Waals surface area contributed by atoms with Crippen LogP contribution in [0.3, 0.4) is 0 Å². The summed E-state index contributed by atoms with van der Waals surface area (Å²) in [6.45, 7) is 0. The molecule has 0 atom stereocenters. The highest BCUT2D eigenvalue weighted by atomic mass is 16.3. The molecule has 8 aromatic carbocycles. The van der Waals surface area contributed by atoms with E-state index in [-0.39, 0.29) is 24.2 Å². The molecule has 1 aromatic heterocycles. The molecule has 9 aromatic rings. The fraction of sp³-hybridized carbons (Fsp3) is 0. The molecule has 200 valence electrons. The molecule has 1 heterocycles. The summed E-state index contributed by atoms with van der Waals surface area (Å²) < 4.78 is 42.9. The third-order valence-electron chi connectivity index (χ3n) is 8.52. The minimum absolute atomic E-state index is 0.0473. The third kappa shape index (κ3) is 3.72. The topological polar surface area (TPSA) is 13.1 Å². The average Bonchev–Trinajstić information content (AvgIpc) is 3.50. The SMILES string of the molecule is [2H]c1c([2H])c(-c2c3ccccc3c(-c3ccc4oc5ccc6ccccc6c5c4c3)c3ccccc23)c([2H])c([2H])c1-c1ccccc1. The highest BCUT2D eigenvalue weighted by Gasteiger charge is 2.18. The molecule has 0 saturated carbocycles. The van der Waals surface area contributed by atoms with Crippen molar-refractivity contribution >= 4 is 54.3 Å². The molecule has 0 saturated heterocycles. The summed E-state index contributed by atoms with van der Waals surface area (Å²) in [6.07, 6.45) is 0. The Labute approximate surface area is 254 Å². The Balaban J connectivity index is 1.37. The Bertz CT molecular complexity index is 2640. The van der Waals surface area contributed by atoms with Gasteiger partial charge in [-0.2, -0.15) is 0 Å². The van der Waals surface area contributed by atoms with Gasteiger partial charge >= 0.3 is 0 Å². The number of fused-ring (bicyclic) bond motifs is 7. The van der Waals surface area contributed by atoms with E-state index in [0.29, 0.717) is 22.3 Å². The van der Waals surface area contributed by atoms with Crippen molar-refractivity contribution in [3.05, 3.63) is 158 Å². The van der Waals surface area contributed by atoms with Crippen LogP contribution in [0.25, 0.3) is 87.6 Å². The predicted octanol–water partition coefficient (Wildman–Crippen LogP) is 12.0. The summed E-state index contributed by atoms with van der Waals surface area (Å²) in [4.78, 5) is 0. The lowest BCUT2D eigenvalue weighted by atomic mass is 9.85. The molecule has 0 aliphatic rings. The van der Waals surface area contributed by atoms with Crippen molar-refractivity contribution in [1.82, 2.24) is 0 Å². The summed E-state index contributed by atoms with van der Waals surface area (Å²) in [5.74, 6) is 0. The Hall–Kier alpha value is -5.66. The van der Waals surface area contributed by atoms with Gasteiger partial charge in [0.2, 0.25) is 0 Å². The summed E-state index contributed by atoms with van der Waals surface area (Å²) in [5.41, 5.74) is 5.74. The first-order valence-electron chi connectivity index (χ1n) is 16.4. The van der Waals surface area contributed by atoms with Crippen LogP contribution in [0.4, 0.5) is 0 Å². The predicted molar refractivity (Wildman–Crippen MR) is 183 cm³/mol. The molecule has 43 heavy (non-hydrogen) atoms. The zero-order valence-corrected chi connectivity index (χ0v) is 23.1. The molecule has 0 aliphatic carbocycles. The number of hydrogen-bond acceptors (Lipinski definition) is 1. The Morgan fingerprint density at radius 2 is 0.907 bits per heavy atom. The van der Waals surface area contributed by atoms with Crippen LogP contribution >= 0.6 is 0 Å². The highest BCUT2D eigenvalue weighted by molar-refractivity contribution is 6.23.